The van der Waals surface area contributed by atoms with Gasteiger partial charge >= 0.3 is 0 Å². The topological polar surface area (TPSA) is 46.6 Å². The molecule has 0 radical (unpaired) electrons. The van der Waals surface area contributed by atoms with Crippen LogP contribution in [-0.2, 0) is 13.1 Å². The van der Waals surface area contributed by atoms with E-state index in [4.69, 9.17) is 14.5 Å². The molecule has 6 heteroatoms. The third-order valence-corrected chi connectivity index (χ3v) is 6.27. The lowest BCUT2D eigenvalue weighted by Gasteiger charge is -2.29. The Morgan fingerprint density at radius 2 is 1.39 bits per heavy atom. The molecule has 0 bridgehead atoms. The predicted octanol–water partition coefficient (Wildman–Crippen LogP) is 6.40. The zero-order chi connectivity index (χ0) is 23.8. The highest BCUT2D eigenvalue weighted by atomic mass is 32.2. The highest BCUT2D eigenvalue weighted by molar-refractivity contribution is 7.98. The molecule has 0 spiro atoms. The summed E-state index contributed by atoms with van der Waals surface area (Å²) in [5.74, 6) is 2.70. The maximum atomic E-state index is 5.33. The summed E-state index contributed by atoms with van der Waals surface area (Å²) < 4.78 is 14.4. The molecule has 1 N–H and O–H groups in total. The first-order chi connectivity index (χ1) is 15.8. The number of rotatable bonds is 10. The summed E-state index contributed by atoms with van der Waals surface area (Å²) >= 11 is 1.75. The van der Waals surface area contributed by atoms with Crippen molar-refractivity contribution in [3.63, 3.8) is 0 Å². The SMILES string of the molecule is COc1ccc(CN(Cc2ccc(OC)cc2)c2ncccc2[C@@H](C)NSC(C)(C)C)cc1. The lowest BCUT2D eigenvalue weighted by atomic mass is 10.1. The van der Waals surface area contributed by atoms with Crippen LogP contribution in [-0.4, -0.2) is 24.0 Å². The first kappa shape index (κ1) is 24.9. The Bertz CT molecular complexity index is 952. The second kappa shape index (κ2) is 11.4. The molecular formula is C27H35N3O2S. The summed E-state index contributed by atoms with van der Waals surface area (Å²) in [7, 11) is 3.38. The van der Waals surface area contributed by atoms with Gasteiger partial charge in [0.25, 0.3) is 0 Å². The lowest BCUT2D eigenvalue weighted by molar-refractivity contribution is 0.414. The van der Waals surface area contributed by atoms with E-state index in [-0.39, 0.29) is 10.8 Å². The number of hydrogen-bond donors (Lipinski definition) is 1. The van der Waals surface area contributed by atoms with Gasteiger partial charge in [0.2, 0.25) is 0 Å². The van der Waals surface area contributed by atoms with E-state index in [1.807, 2.05) is 36.5 Å². The molecule has 0 aliphatic rings. The summed E-state index contributed by atoms with van der Waals surface area (Å²) in [4.78, 5) is 7.16. The normalized spacial score (nSPS) is 12.3. The molecule has 0 amide bonds. The molecule has 2 aromatic carbocycles. The molecule has 0 aliphatic carbocycles. The van der Waals surface area contributed by atoms with E-state index in [9.17, 15) is 0 Å². The van der Waals surface area contributed by atoms with Gasteiger partial charge in [-0.2, -0.15) is 0 Å². The lowest BCUT2D eigenvalue weighted by Crippen LogP contribution is -2.27. The third-order valence-electron chi connectivity index (χ3n) is 5.19. The standard InChI is InChI=1S/C27H35N3O2S/c1-20(29-33-27(2,3)4)25-8-7-17-28-26(25)30(18-21-9-13-23(31-5)14-10-21)19-22-11-15-24(32-6)16-12-22/h7-17,20,29H,18-19H2,1-6H3/t20-/m1/s1. The van der Waals surface area contributed by atoms with Crippen LogP contribution in [0.3, 0.4) is 0 Å². The number of anilines is 1. The maximum Gasteiger partial charge on any atom is 0.133 e. The summed E-state index contributed by atoms with van der Waals surface area (Å²) in [5.41, 5.74) is 3.58. The highest BCUT2D eigenvalue weighted by Gasteiger charge is 2.20. The van der Waals surface area contributed by atoms with Crippen LogP contribution in [0.1, 0.15) is 50.4 Å². The van der Waals surface area contributed by atoms with E-state index in [1.165, 1.54) is 16.7 Å². The van der Waals surface area contributed by atoms with Gasteiger partial charge < -0.3 is 14.4 Å². The average Bonchev–Trinajstić information content (AvgIpc) is 2.82. The largest absolute Gasteiger partial charge is 0.497 e. The van der Waals surface area contributed by atoms with Crippen LogP contribution in [0.5, 0.6) is 11.5 Å². The van der Waals surface area contributed by atoms with E-state index in [1.54, 1.807) is 26.2 Å². The second-order valence-corrected chi connectivity index (χ2v) is 10.7. The molecule has 3 aromatic rings. The highest BCUT2D eigenvalue weighted by Crippen LogP contribution is 2.31. The van der Waals surface area contributed by atoms with Crippen LogP contribution in [0, 0.1) is 0 Å². The Hall–Kier alpha value is -2.70. The van der Waals surface area contributed by atoms with Gasteiger partial charge in [-0.1, -0.05) is 42.3 Å². The van der Waals surface area contributed by atoms with Gasteiger partial charge in [-0.15, -0.1) is 0 Å². The number of hydrogen-bond acceptors (Lipinski definition) is 6. The van der Waals surface area contributed by atoms with Crippen LogP contribution in [0.15, 0.2) is 66.9 Å². The van der Waals surface area contributed by atoms with Gasteiger partial charge in [0.05, 0.1) is 14.2 Å². The van der Waals surface area contributed by atoms with Gasteiger partial charge in [-0.3, -0.25) is 4.72 Å². The average molecular weight is 466 g/mol. The fraction of sp³-hybridized carbons (Fsp3) is 0.370. The minimum absolute atomic E-state index is 0.127. The number of ether oxygens (including phenoxy) is 2. The van der Waals surface area contributed by atoms with Crippen molar-refractivity contribution >= 4 is 17.8 Å². The van der Waals surface area contributed by atoms with E-state index in [2.05, 4.69) is 67.6 Å². The van der Waals surface area contributed by atoms with Crippen LogP contribution < -0.4 is 19.1 Å². The molecule has 3 rings (SSSR count). The van der Waals surface area contributed by atoms with Gasteiger partial charge in [0.1, 0.15) is 17.3 Å². The van der Waals surface area contributed by atoms with Crippen molar-refractivity contribution in [3.8, 4) is 11.5 Å². The number of nitrogens with one attached hydrogen (secondary N) is 1. The second-order valence-electron chi connectivity index (χ2n) is 9.02. The number of pyridine rings is 1. The van der Waals surface area contributed by atoms with Crippen molar-refractivity contribution in [2.24, 2.45) is 0 Å². The quantitative estimate of drug-likeness (QED) is 0.350. The first-order valence-corrected chi connectivity index (χ1v) is 12.0. The minimum atomic E-state index is 0.127. The molecule has 1 heterocycles. The van der Waals surface area contributed by atoms with Crippen molar-refractivity contribution < 1.29 is 9.47 Å². The Kier molecular flexibility index (Phi) is 8.64. The smallest absolute Gasteiger partial charge is 0.133 e. The zero-order valence-corrected chi connectivity index (χ0v) is 21.3. The van der Waals surface area contributed by atoms with E-state index in [0.29, 0.717) is 0 Å². The Balaban J connectivity index is 1.92. The molecule has 0 aliphatic heterocycles. The molecular weight excluding hydrogens is 430 g/mol. The Labute approximate surface area is 202 Å². The molecule has 0 unspecified atom stereocenters. The number of benzene rings is 2. The molecule has 176 valence electrons. The molecule has 0 saturated carbocycles. The van der Waals surface area contributed by atoms with Crippen molar-refractivity contribution in [1.29, 1.82) is 0 Å². The fourth-order valence-corrected chi connectivity index (χ4v) is 4.11. The van der Waals surface area contributed by atoms with Crippen LogP contribution >= 0.6 is 11.9 Å². The van der Waals surface area contributed by atoms with Crippen LogP contribution in [0.25, 0.3) is 0 Å². The Morgan fingerprint density at radius 1 is 0.879 bits per heavy atom. The summed E-state index contributed by atoms with van der Waals surface area (Å²) in [6.07, 6.45) is 1.87. The van der Waals surface area contributed by atoms with Gasteiger partial charge in [-0.25, -0.2) is 4.98 Å². The first-order valence-electron chi connectivity index (χ1n) is 11.2. The van der Waals surface area contributed by atoms with Crippen molar-refractivity contribution in [2.45, 2.75) is 51.6 Å². The molecule has 1 atom stereocenters. The minimum Gasteiger partial charge on any atom is -0.497 e. The summed E-state index contributed by atoms with van der Waals surface area (Å²) in [6, 6.07) is 20.8. The van der Waals surface area contributed by atoms with Crippen molar-refractivity contribution in [2.75, 3.05) is 19.1 Å². The van der Waals surface area contributed by atoms with E-state index >= 15 is 0 Å². The molecule has 0 saturated heterocycles. The molecule has 0 fully saturated rings. The summed E-state index contributed by atoms with van der Waals surface area (Å²) in [6.45, 7) is 10.3. The van der Waals surface area contributed by atoms with Gasteiger partial charge in [0.15, 0.2) is 0 Å². The molecule has 1 aromatic heterocycles. The predicted molar refractivity (Wildman–Crippen MR) is 139 cm³/mol. The van der Waals surface area contributed by atoms with Crippen LogP contribution in [0.4, 0.5) is 5.82 Å². The molecule has 33 heavy (non-hydrogen) atoms. The van der Waals surface area contributed by atoms with Crippen molar-refractivity contribution in [3.05, 3.63) is 83.6 Å². The third kappa shape index (κ3) is 7.41. The molecule has 5 nitrogen and oxygen atoms in total. The van der Waals surface area contributed by atoms with Crippen LogP contribution in [0.2, 0.25) is 0 Å². The monoisotopic (exact) mass is 465 g/mol. The number of aromatic nitrogens is 1. The number of nitrogens with zero attached hydrogens (tertiary/aromatic N) is 2. The number of methoxy groups -OCH3 is 2. The fourth-order valence-electron chi connectivity index (χ4n) is 3.45. The summed E-state index contributed by atoms with van der Waals surface area (Å²) in [5, 5.41) is 0. The Morgan fingerprint density at radius 3 is 1.85 bits per heavy atom. The van der Waals surface area contributed by atoms with E-state index < -0.39 is 0 Å². The zero-order valence-electron chi connectivity index (χ0n) is 20.5. The van der Waals surface area contributed by atoms with E-state index in [0.717, 1.165) is 30.4 Å². The van der Waals surface area contributed by atoms with Crippen molar-refractivity contribution in [1.82, 2.24) is 9.71 Å². The van der Waals surface area contributed by atoms with Gasteiger partial charge in [-0.05, 0) is 69.2 Å². The maximum absolute atomic E-state index is 5.33. The van der Waals surface area contributed by atoms with Gasteiger partial charge in [0, 0.05) is 35.6 Å².